The minimum Gasteiger partial charge on any atom is -0.349 e. The Labute approximate surface area is 116 Å². The molecule has 1 fully saturated rings. The second kappa shape index (κ2) is 5.85. The van der Waals surface area contributed by atoms with Gasteiger partial charge in [0.2, 0.25) is 0 Å². The van der Waals surface area contributed by atoms with Gasteiger partial charge in [0.25, 0.3) is 5.91 Å². The summed E-state index contributed by atoms with van der Waals surface area (Å²) in [6, 6.07) is 4.47. The van der Waals surface area contributed by atoms with Gasteiger partial charge in [0.1, 0.15) is 0 Å². The van der Waals surface area contributed by atoms with Crippen LogP contribution in [0.2, 0.25) is 0 Å². The minimum absolute atomic E-state index is 0.124. The first-order chi connectivity index (χ1) is 9.38. The van der Waals surface area contributed by atoms with Crippen molar-refractivity contribution in [2.75, 3.05) is 0 Å². The van der Waals surface area contributed by atoms with Gasteiger partial charge in [-0.3, -0.25) is 4.79 Å². The molecular formula is C15H18F3NO. The van der Waals surface area contributed by atoms with Gasteiger partial charge in [0.05, 0.1) is 5.56 Å². The molecule has 2 atom stereocenters. The molecule has 5 heteroatoms. The van der Waals surface area contributed by atoms with Crippen molar-refractivity contribution < 1.29 is 18.0 Å². The summed E-state index contributed by atoms with van der Waals surface area (Å²) in [5.74, 6) is 0.125. The van der Waals surface area contributed by atoms with E-state index in [1.165, 1.54) is 18.6 Å². The van der Waals surface area contributed by atoms with Crippen LogP contribution in [-0.2, 0) is 6.18 Å². The fourth-order valence-corrected chi connectivity index (χ4v) is 2.59. The third-order valence-electron chi connectivity index (χ3n) is 3.90. The van der Waals surface area contributed by atoms with Gasteiger partial charge in [-0.2, -0.15) is 13.2 Å². The Hall–Kier alpha value is -1.52. The first kappa shape index (κ1) is 14.9. The first-order valence-corrected chi connectivity index (χ1v) is 6.86. The summed E-state index contributed by atoms with van der Waals surface area (Å²) in [6.45, 7) is 2.09. The predicted molar refractivity (Wildman–Crippen MR) is 70.3 cm³/mol. The van der Waals surface area contributed by atoms with Crippen molar-refractivity contribution in [3.63, 3.8) is 0 Å². The van der Waals surface area contributed by atoms with E-state index in [0.717, 1.165) is 31.4 Å². The topological polar surface area (TPSA) is 29.1 Å². The Balaban J connectivity index is 2.02. The highest BCUT2D eigenvalue weighted by molar-refractivity contribution is 5.94. The van der Waals surface area contributed by atoms with Crippen LogP contribution in [0.1, 0.15) is 48.5 Å². The first-order valence-electron chi connectivity index (χ1n) is 6.86. The Morgan fingerprint density at radius 3 is 2.30 bits per heavy atom. The van der Waals surface area contributed by atoms with Gasteiger partial charge in [0.15, 0.2) is 0 Å². The van der Waals surface area contributed by atoms with Crippen LogP contribution in [0, 0.1) is 5.92 Å². The smallest absolute Gasteiger partial charge is 0.349 e. The maximum Gasteiger partial charge on any atom is 0.416 e. The highest BCUT2D eigenvalue weighted by atomic mass is 19.4. The maximum absolute atomic E-state index is 12.4. The summed E-state index contributed by atoms with van der Waals surface area (Å²) in [6.07, 6.45) is -0.0888. The van der Waals surface area contributed by atoms with Gasteiger partial charge < -0.3 is 5.32 Å². The highest BCUT2D eigenvalue weighted by Gasteiger charge is 2.30. The number of benzene rings is 1. The standard InChI is InChI=1S/C15H18F3NO/c1-10-4-2-3-5-13(10)19-14(20)11-6-8-12(9-7-11)15(16,17)18/h6-10,13H,2-5H2,1H3,(H,19,20)/t10-,13+/m1/s1. The number of alkyl halides is 3. The molecule has 0 spiro atoms. The van der Waals surface area contributed by atoms with E-state index in [1.807, 2.05) is 0 Å². The van der Waals surface area contributed by atoms with Crippen LogP contribution in [0.25, 0.3) is 0 Å². The van der Waals surface area contributed by atoms with Gasteiger partial charge in [-0.1, -0.05) is 19.8 Å². The number of nitrogens with one attached hydrogen (secondary N) is 1. The van der Waals surface area contributed by atoms with Crippen molar-refractivity contribution >= 4 is 5.91 Å². The molecule has 20 heavy (non-hydrogen) atoms. The zero-order valence-corrected chi connectivity index (χ0v) is 11.3. The van der Waals surface area contributed by atoms with Crippen molar-refractivity contribution in [1.82, 2.24) is 5.32 Å². The molecule has 0 aromatic heterocycles. The molecule has 2 nitrogen and oxygen atoms in total. The molecule has 1 N–H and O–H groups in total. The predicted octanol–water partition coefficient (Wildman–Crippen LogP) is 4.01. The Morgan fingerprint density at radius 1 is 1.15 bits per heavy atom. The van der Waals surface area contributed by atoms with E-state index in [4.69, 9.17) is 0 Å². The van der Waals surface area contributed by atoms with Crippen molar-refractivity contribution in [3.8, 4) is 0 Å². The van der Waals surface area contributed by atoms with E-state index in [9.17, 15) is 18.0 Å². The van der Waals surface area contributed by atoms with Crippen LogP contribution in [0.4, 0.5) is 13.2 Å². The van der Waals surface area contributed by atoms with Crippen molar-refractivity contribution in [2.24, 2.45) is 5.92 Å². The number of amides is 1. The van der Waals surface area contributed by atoms with Crippen molar-refractivity contribution in [1.29, 1.82) is 0 Å². The van der Waals surface area contributed by atoms with Gasteiger partial charge in [0, 0.05) is 11.6 Å². The second-order valence-electron chi connectivity index (χ2n) is 5.42. The van der Waals surface area contributed by atoms with Gasteiger partial charge in [-0.25, -0.2) is 0 Å². The SMILES string of the molecule is C[C@@H]1CCCC[C@@H]1NC(=O)c1ccc(C(F)(F)F)cc1. The molecule has 1 aromatic carbocycles. The molecule has 0 bridgehead atoms. The average molecular weight is 285 g/mol. The van der Waals surface area contributed by atoms with Crippen LogP contribution < -0.4 is 5.32 Å². The van der Waals surface area contributed by atoms with Gasteiger partial charge in [-0.15, -0.1) is 0 Å². The Kier molecular flexibility index (Phi) is 4.35. The molecule has 1 aliphatic rings. The average Bonchev–Trinajstić information content (AvgIpc) is 2.40. The van der Waals surface area contributed by atoms with Crippen LogP contribution in [0.3, 0.4) is 0 Å². The van der Waals surface area contributed by atoms with E-state index >= 15 is 0 Å². The summed E-state index contributed by atoms with van der Waals surface area (Å²) in [5.41, 5.74) is -0.462. The summed E-state index contributed by atoms with van der Waals surface area (Å²) in [5, 5.41) is 2.92. The molecular weight excluding hydrogens is 267 g/mol. The van der Waals surface area contributed by atoms with E-state index in [1.54, 1.807) is 0 Å². The molecule has 0 radical (unpaired) electrons. The largest absolute Gasteiger partial charge is 0.416 e. The lowest BCUT2D eigenvalue weighted by Crippen LogP contribution is -2.41. The Morgan fingerprint density at radius 2 is 1.75 bits per heavy atom. The second-order valence-corrected chi connectivity index (χ2v) is 5.42. The Bertz CT molecular complexity index is 467. The number of carbonyl (C=O) groups is 1. The lowest BCUT2D eigenvalue weighted by molar-refractivity contribution is -0.137. The molecule has 2 rings (SSSR count). The number of hydrogen-bond acceptors (Lipinski definition) is 1. The minimum atomic E-state index is -4.37. The molecule has 0 aliphatic heterocycles. The molecule has 1 aromatic rings. The van der Waals surface area contributed by atoms with Gasteiger partial charge in [-0.05, 0) is 43.0 Å². The van der Waals surface area contributed by atoms with Crippen molar-refractivity contribution in [3.05, 3.63) is 35.4 Å². The van der Waals surface area contributed by atoms with Crippen LogP contribution in [0.5, 0.6) is 0 Å². The molecule has 1 amide bonds. The zero-order chi connectivity index (χ0) is 14.8. The molecule has 110 valence electrons. The normalized spacial score (nSPS) is 23.4. The highest BCUT2D eigenvalue weighted by Crippen LogP contribution is 2.29. The number of rotatable bonds is 2. The third-order valence-corrected chi connectivity index (χ3v) is 3.90. The summed E-state index contributed by atoms with van der Waals surface area (Å²) in [7, 11) is 0. The molecule has 0 saturated heterocycles. The van der Waals surface area contributed by atoms with Crippen LogP contribution >= 0.6 is 0 Å². The fraction of sp³-hybridized carbons (Fsp3) is 0.533. The summed E-state index contributed by atoms with van der Waals surface area (Å²) in [4.78, 5) is 12.0. The van der Waals surface area contributed by atoms with E-state index in [-0.39, 0.29) is 17.5 Å². The third kappa shape index (κ3) is 3.52. The van der Waals surface area contributed by atoms with E-state index in [0.29, 0.717) is 5.92 Å². The monoisotopic (exact) mass is 285 g/mol. The lowest BCUT2D eigenvalue weighted by atomic mass is 9.86. The fourth-order valence-electron chi connectivity index (χ4n) is 2.59. The number of halogens is 3. The quantitative estimate of drug-likeness (QED) is 0.874. The summed E-state index contributed by atoms with van der Waals surface area (Å²) < 4.78 is 37.3. The van der Waals surface area contributed by atoms with Crippen molar-refractivity contribution in [2.45, 2.75) is 44.8 Å². The number of carbonyl (C=O) groups excluding carboxylic acids is 1. The van der Waals surface area contributed by atoms with Gasteiger partial charge >= 0.3 is 6.18 Å². The van der Waals surface area contributed by atoms with Crippen LogP contribution in [-0.4, -0.2) is 11.9 Å². The summed E-state index contributed by atoms with van der Waals surface area (Å²) >= 11 is 0. The number of hydrogen-bond donors (Lipinski definition) is 1. The van der Waals surface area contributed by atoms with Crippen LogP contribution in [0.15, 0.2) is 24.3 Å². The molecule has 0 unspecified atom stereocenters. The van der Waals surface area contributed by atoms with E-state index in [2.05, 4.69) is 12.2 Å². The zero-order valence-electron chi connectivity index (χ0n) is 11.3. The maximum atomic E-state index is 12.4. The molecule has 1 saturated carbocycles. The lowest BCUT2D eigenvalue weighted by Gasteiger charge is -2.29. The molecule has 0 heterocycles. The molecule has 1 aliphatic carbocycles. The van der Waals surface area contributed by atoms with E-state index < -0.39 is 11.7 Å².